The molecule has 0 aliphatic heterocycles. The second-order valence-electron chi connectivity index (χ2n) is 3.82. The summed E-state index contributed by atoms with van der Waals surface area (Å²) in [6.07, 6.45) is 0. The van der Waals surface area contributed by atoms with Gasteiger partial charge < -0.3 is 0 Å². The number of nitrogens with zero attached hydrogens (tertiary/aromatic N) is 2. The normalized spacial score (nSPS) is 13.6. The molecular formula is C10H13N3O4S2. The first kappa shape index (κ1) is 15.4. The Bertz CT molecular complexity index is 702. The largest absolute Gasteiger partial charge is 0.272 e. The van der Waals surface area contributed by atoms with Gasteiger partial charge in [-0.05, 0) is 31.2 Å². The van der Waals surface area contributed by atoms with E-state index in [-0.39, 0.29) is 10.6 Å². The molecule has 1 atom stereocenters. The van der Waals surface area contributed by atoms with E-state index >= 15 is 0 Å². The first-order valence-electron chi connectivity index (χ1n) is 5.11. The highest BCUT2D eigenvalue weighted by Gasteiger charge is 2.26. The molecular weight excluding hydrogens is 290 g/mol. The molecule has 0 radical (unpaired) electrons. The third-order valence-electron chi connectivity index (χ3n) is 2.54. The van der Waals surface area contributed by atoms with E-state index in [0.717, 1.165) is 4.31 Å². The molecule has 0 aliphatic carbocycles. The number of benzene rings is 1. The number of nitriles is 1. The number of anilines is 1. The van der Waals surface area contributed by atoms with E-state index in [1.54, 1.807) is 6.07 Å². The molecule has 0 bridgehead atoms. The van der Waals surface area contributed by atoms with Crippen LogP contribution in [0.1, 0.15) is 6.92 Å². The lowest BCUT2D eigenvalue weighted by atomic mass is 10.3. The predicted octanol–water partition coefficient (Wildman–Crippen LogP) is 0.0121. The highest BCUT2D eigenvalue weighted by atomic mass is 32.2. The molecule has 0 fully saturated rings. The second kappa shape index (κ2) is 5.16. The molecule has 0 saturated heterocycles. The minimum Gasteiger partial charge on any atom is -0.272 e. The maximum Gasteiger partial charge on any atom is 0.251 e. The Morgan fingerprint density at radius 1 is 1.21 bits per heavy atom. The van der Waals surface area contributed by atoms with Crippen molar-refractivity contribution in [2.75, 3.05) is 11.4 Å². The predicted molar refractivity (Wildman–Crippen MR) is 70.2 cm³/mol. The number of hydrogen-bond donors (Lipinski definition) is 1. The van der Waals surface area contributed by atoms with Gasteiger partial charge in [-0.3, -0.25) is 4.31 Å². The fourth-order valence-corrected chi connectivity index (χ4v) is 2.83. The first-order valence-corrected chi connectivity index (χ1v) is 8.16. The van der Waals surface area contributed by atoms with Gasteiger partial charge in [0.05, 0.1) is 16.7 Å². The van der Waals surface area contributed by atoms with Crippen molar-refractivity contribution in [1.29, 1.82) is 5.26 Å². The lowest BCUT2D eigenvalue weighted by molar-refractivity contribution is 0.590. The summed E-state index contributed by atoms with van der Waals surface area (Å²) >= 11 is 0. The molecule has 9 heteroatoms. The van der Waals surface area contributed by atoms with Gasteiger partial charge in [-0.25, -0.2) is 22.0 Å². The van der Waals surface area contributed by atoms with Crippen molar-refractivity contribution >= 4 is 25.7 Å². The Morgan fingerprint density at radius 3 is 2.05 bits per heavy atom. The lowest BCUT2D eigenvalue weighted by Gasteiger charge is -2.20. The molecule has 0 aromatic heterocycles. The zero-order valence-electron chi connectivity index (χ0n) is 10.3. The average molecular weight is 303 g/mol. The summed E-state index contributed by atoms with van der Waals surface area (Å²) in [5.41, 5.74) is 0.245. The smallest absolute Gasteiger partial charge is 0.251 e. The van der Waals surface area contributed by atoms with E-state index in [1.165, 1.54) is 38.2 Å². The molecule has 104 valence electrons. The van der Waals surface area contributed by atoms with Crippen molar-refractivity contribution in [3.63, 3.8) is 0 Å². The minimum absolute atomic E-state index is 0.115. The topological polar surface area (TPSA) is 121 Å². The monoisotopic (exact) mass is 303 g/mol. The van der Waals surface area contributed by atoms with E-state index in [1.807, 2.05) is 0 Å². The molecule has 1 unspecified atom stereocenters. The van der Waals surface area contributed by atoms with E-state index in [4.69, 9.17) is 10.4 Å². The average Bonchev–Trinajstić information content (AvgIpc) is 2.35. The van der Waals surface area contributed by atoms with Crippen LogP contribution in [0, 0.1) is 11.3 Å². The summed E-state index contributed by atoms with van der Waals surface area (Å²) in [6.45, 7) is 1.27. The Hall–Kier alpha value is -1.63. The number of hydrogen-bond acceptors (Lipinski definition) is 5. The van der Waals surface area contributed by atoms with Gasteiger partial charge >= 0.3 is 0 Å². The molecule has 0 heterocycles. The van der Waals surface area contributed by atoms with Crippen molar-refractivity contribution < 1.29 is 16.8 Å². The van der Waals surface area contributed by atoms with Crippen LogP contribution < -0.4 is 9.44 Å². The highest BCUT2D eigenvalue weighted by molar-refractivity contribution is 7.93. The maximum atomic E-state index is 11.9. The Kier molecular flexibility index (Phi) is 4.19. The summed E-state index contributed by atoms with van der Waals surface area (Å²) in [4.78, 5) is -0.115. The van der Waals surface area contributed by atoms with Crippen molar-refractivity contribution in [2.45, 2.75) is 17.1 Å². The van der Waals surface area contributed by atoms with Gasteiger partial charge in [0.25, 0.3) is 10.0 Å². The summed E-state index contributed by atoms with van der Waals surface area (Å²) in [5.74, 6) is 0. The summed E-state index contributed by atoms with van der Waals surface area (Å²) < 4.78 is 46.9. The third kappa shape index (κ3) is 3.23. The zero-order valence-corrected chi connectivity index (χ0v) is 11.9. The lowest BCUT2D eigenvalue weighted by Crippen LogP contribution is -2.33. The first-order chi connectivity index (χ1) is 8.60. The standard InChI is InChI=1S/C10H13N3O4S2/c1-8(7-11)19(16,17)13(2)9-3-5-10(6-4-9)18(12,14)15/h3-6,8H,1-2H3,(H2,12,14,15). The van der Waals surface area contributed by atoms with Crippen LogP contribution in [0.4, 0.5) is 5.69 Å². The number of primary sulfonamides is 1. The van der Waals surface area contributed by atoms with Crippen molar-refractivity contribution in [1.82, 2.24) is 0 Å². The Labute approximate surface area is 112 Å². The van der Waals surface area contributed by atoms with Crippen LogP contribution in [0.5, 0.6) is 0 Å². The van der Waals surface area contributed by atoms with Gasteiger partial charge in [0.1, 0.15) is 0 Å². The van der Waals surface area contributed by atoms with Gasteiger partial charge in [-0.15, -0.1) is 0 Å². The Balaban J connectivity index is 3.17. The molecule has 0 aliphatic rings. The maximum absolute atomic E-state index is 11.9. The van der Waals surface area contributed by atoms with Crippen molar-refractivity contribution in [3.05, 3.63) is 24.3 Å². The van der Waals surface area contributed by atoms with E-state index in [0.29, 0.717) is 0 Å². The van der Waals surface area contributed by atoms with Crippen LogP contribution in [-0.2, 0) is 20.0 Å². The summed E-state index contributed by atoms with van der Waals surface area (Å²) in [5, 5.41) is 12.4. The van der Waals surface area contributed by atoms with E-state index < -0.39 is 25.3 Å². The van der Waals surface area contributed by atoms with Crippen LogP contribution >= 0.6 is 0 Å². The SMILES string of the molecule is CC(C#N)S(=O)(=O)N(C)c1ccc(S(N)(=O)=O)cc1. The molecule has 1 aromatic rings. The van der Waals surface area contributed by atoms with Crippen molar-refractivity contribution in [2.24, 2.45) is 5.14 Å². The molecule has 2 N–H and O–H groups in total. The van der Waals surface area contributed by atoms with Gasteiger partial charge in [-0.2, -0.15) is 5.26 Å². The summed E-state index contributed by atoms with van der Waals surface area (Å²) in [7, 11) is -6.33. The molecule has 0 saturated carbocycles. The van der Waals surface area contributed by atoms with Crippen LogP contribution in [0.25, 0.3) is 0 Å². The minimum atomic E-state index is -3.82. The molecule has 1 rings (SSSR count). The van der Waals surface area contributed by atoms with Gasteiger partial charge in [0, 0.05) is 7.05 Å². The number of nitrogens with two attached hydrogens (primary N) is 1. The van der Waals surface area contributed by atoms with Gasteiger partial charge in [-0.1, -0.05) is 0 Å². The van der Waals surface area contributed by atoms with Gasteiger partial charge in [0.15, 0.2) is 5.25 Å². The second-order valence-corrected chi connectivity index (χ2v) is 7.67. The van der Waals surface area contributed by atoms with Gasteiger partial charge in [0.2, 0.25) is 10.0 Å². The third-order valence-corrected chi connectivity index (χ3v) is 5.44. The highest BCUT2D eigenvalue weighted by Crippen LogP contribution is 2.20. The molecule has 7 nitrogen and oxygen atoms in total. The van der Waals surface area contributed by atoms with Crippen LogP contribution in [0.15, 0.2) is 29.2 Å². The Morgan fingerprint density at radius 2 is 1.68 bits per heavy atom. The van der Waals surface area contributed by atoms with Crippen LogP contribution in [-0.4, -0.2) is 29.1 Å². The fraction of sp³-hybridized carbons (Fsp3) is 0.300. The summed E-state index contributed by atoms with van der Waals surface area (Å²) in [6, 6.07) is 6.66. The molecule has 0 spiro atoms. The van der Waals surface area contributed by atoms with Crippen molar-refractivity contribution in [3.8, 4) is 6.07 Å². The van der Waals surface area contributed by atoms with E-state index in [9.17, 15) is 16.8 Å². The van der Waals surface area contributed by atoms with Crippen LogP contribution in [0.3, 0.4) is 0 Å². The zero-order chi connectivity index (χ0) is 14.8. The molecule has 19 heavy (non-hydrogen) atoms. The quantitative estimate of drug-likeness (QED) is 0.839. The number of rotatable bonds is 4. The van der Waals surface area contributed by atoms with Crippen LogP contribution in [0.2, 0.25) is 0 Å². The molecule has 1 aromatic carbocycles. The molecule has 0 amide bonds. The van der Waals surface area contributed by atoms with E-state index in [2.05, 4.69) is 0 Å². The number of sulfonamides is 2. The fourth-order valence-electron chi connectivity index (χ4n) is 1.30.